The number of hydrogen-bond donors (Lipinski definition) is 0. The highest BCUT2D eigenvalue weighted by Crippen LogP contribution is 2.35. The predicted octanol–water partition coefficient (Wildman–Crippen LogP) is 2.25. The van der Waals surface area contributed by atoms with Crippen LogP contribution in [-0.2, 0) is 6.42 Å². The van der Waals surface area contributed by atoms with Gasteiger partial charge in [-0.05, 0) is 11.1 Å². The van der Waals surface area contributed by atoms with Crippen LogP contribution in [0.25, 0.3) is 0 Å². The van der Waals surface area contributed by atoms with Gasteiger partial charge in [-0.15, -0.1) is 0 Å². The molecule has 0 aliphatic heterocycles. The van der Waals surface area contributed by atoms with Gasteiger partial charge in [0.05, 0.1) is 0 Å². The van der Waals surface area contributed by atoms with Gasteiger partial charge in [0.25, 0.3) is 0 Å². The van der Waals surface area contributed by atoms with Gasteiger partial charge in [-0.3, -0.25) is 0 Å². The molecule has 0 heterocycles. The first kappa shape index (κ1) is 4.98. The van der Waals surface area contributed by atoms with E-state index in [2.05, 4.69) is 0 Å². The molecule has 0 amide bonds. The van der Waals surface area contributed by atoms with Gasteiger partial charge in [0.2, 0.25) is 0 Å². The summed E-state index contributed by atoms with van der Waals surface area (Å²) in [6.07, 6.45) is -0.0582. The van der Waals surface area contributed by atoms with Crippen LogP contribution in [0.5, 0.6) is 0 Å². The molecule has 0 saturated heterocycles. The second kappa shape index (κ2) is 1.56. The third-order valence-electron chi connectivity index (χ3n) is 1.79. The summed E-state index contributed by atoms with van der Waals surface area (Å²) in [6.45, 7) is 0. The zero-order valence-corrected chi connectivity index (χ0v) is 4.97. The van der Waals surface area contributed by atoms with Crippen molar-refractivity contribution >= 4 is 0 Å². The summed E-state index contributed by atoms with van der Waals surface area (Å²) >= 11 is 0. The van der Waals surface area contributed by atoms with Crippen molar-refractivity contribution in [3.63, 3.8) is 0 Å². The van der Waals surface area contributed by atoms with E-state index in [0.717, 1.165) is 5.56 Å². The van der Waals surface area contributed by atoms with E-state index in [0.29, 0.717) is 6.42 Å². The van der Waals surface area contributed by atoms with Crippen LogP contribution in [0.3, 0.4) is 0 Å². The van der Waals surface area contributed by atoms with Gasteiger partial charge in [-0.25, -0.2) is 4.39 Å². The Labute approximate surface area is 53.3 Å². The fourth-order valence-electron chi connectivity index (χ4n) is 1.20. The molecule has 1 atom stereocenters. The van der Waals surface area contributed by atoms with E-state index in [-0.39, 0.29) is 0 Å². The van der Waals surface area contributed by atoms with E-state index in [1.165, 1.54) is 5.56 Å². The van der Waals surface area contributed by atoms with Crippen molar-refractivity contribution in [1.82, 2.24) is 0 Å². The van der Waals surface area contributed by atoms with E-state index >= 15 is 0 Å². The molecule has 1 unspecified atom stereocenters. The largest absolute Gasteiger partial charge is 0.242 e. The molecular formula is C8H7F. The topological polar surface area (TPSA) is 0 Å². The third kappa shape index (κ3) is 0.576. The van der Waals surface area contributed by atoms with Crippen molar-refractivity contribution in [2.75, 3.05) is 0 Å². The van der Waals surface area contributed by atoms with Crippen LogP contribution >= 0.6 is 0 Å². The minimum Gasteiger partial charge on any atom is -0.242 e. The fraction of sp³-hybridized carbons (Fsp3) is 0.250. The number of benzene rings is 1. The number of hydrogen-bond acceptors (Lipinski definition) is 0. The third-order valence-corrected chi connectivity index (χ3v) is 1.79. The molecule has 2 rings (SSSR count). The molecule has 1 aliphatic carbocycles. The number of rotatable bonds is 0. The van der Waals surface area contributed by atoms with Crippen LogP contribution in [0.2, 0.25) is 0 Å². The summed E-state index contributed by atoms with van der Waals surface area (Å²) in [6, 6.07) is 7.66. The van der Waals surface area contributed by atoms with E-state index < -0.39 is 6.17 Å². The number of alkyl halides is 1. The van der Waals surface area contributed by atoms with Gasteiger partial charge >= 0.3 is 0 Å². The molecule has 0 N–H and O–H groups in total. The normalized spacial score (nSPS) is 22.6. The van der Waals surface area contributed by atoms with Crippen LogP contribution in [0.1, 0.15) is 17.3 Å². The lowest BCUT2D eigenvalue weighted by atomic mass is 9.87. The Bertz CT molecular complexity index is 230. The van der Waals surface area contributed by atoms with Crippen molar-refractivity contribution in [3.8, 4) is 0 Å². The SMILES string of the molecule is FC1Cc2ccccc21. The lowest BCUT2D eigenvalue weighted by Gasteiger charge is -2.22. The van der Waals surface area contributed by atoms with Crippen LogP contribution in [0, 0.1) is 0 Å². The lowest BCUT2D eigenvalue weighted by molar-refractivity contribution is 0.306. The van der Waals surface area contributed by atoms with Crippen LogP contribution in [-0.4, -0.2) is 0 Å². The molecule has 9 heavy (non-hydrogen) atoms. The molecule has 0 bridgehead atoms. The molecular weight excluding hydrogens is 115 g/mol. The second-order valence-corrected chi connectivity index (χ2v) is 2.37. The smallest absolute Gasteiger partial charge is 0.129 e. The molecule has 0 aromatic heterocycles. The lowest BCUT2D eigenvalue weighted by Crippen LogP contribution is -2.11. The second-order valence-electron chi connectivity index (χ2n) is 2.37. The Balaban J connectivity index is 2.51. The molecule has 0 nitrogen and oxygen atoms in total. The van der Waals surface area contributed by atoms with Gasteiger partial charge < -0.3 is 0 Å². The quantitative estimate of drug-likeness (QED) is 0.495. The molecule has 0 radical (unpaired) electrons. The van der Waals surface area contributed by atoms with Gasteiger partial charge in [0.1, 0.15) is 6.17 Å². The van der Waals surface area contributed by atoms with Crippen molar-refractivity contribution in [3.05, 3.63) is 35.4 Å². The maximum atomic E-state index is 12.5. The van der Waals surface area contributed by atoms with Crippen molar-refractivity contribution in [1.29, 1.82) is 0 Å². The number of fused-ring (bicyclic) bond motifs is 1. The summed E-state index contributed by atoms with van der Waals surface area (Å²) in [5.41, 5.74) is 2.06. The van der Waals surface area contributed by atoms with Gasteiger partial charge in [-0.2, -0.15) is 0 Å². The predicted molar refractivity (Wildman–Crippen MR) is 34.0 cm³/mol. The van der Waals surface area contributed by atoms with Gasteiger partial charge in [-0.1, -0.05) is 24.3 Å². The standard InChI is InChI=1S/C8H7F/c9-8-5-6-3-1-2-4-7(6)8/h1-4,8H,5H2. The first-order valence-corrected chi connectivity index (χ1v) is 3.10. The Morgan fingerprint density at radius 1 is 1.33 bits per heavy atom. The van der Waals surface area contributed by atoms with Crippen molar-refractivity contribution in [2.24, 2.45) is 0 Å². The Kier molecular flexibility index (Phi) is 0.865. The molecule has 1 aromatic rings. The van der Waals surface area contributed by atoms with Gasteiger partial charge in [0, 0.05) is 6.42 Å². The maximum absolute atomic E-state index is 12.5. The number of halogens is 1. The van der Waals surface area contributed by atoms with Crippen LogP contribution in [0.4, 0.5) is 4.39 Å². The minimum absolute atomic E-state index is 0.621. The maximum Gasteiger partial charge on any atom is 0.129 e. The van der Waals surface area contributed by atoms with Crippen molar-refractivity contribution < 1.29 is 4.39 Å². The molecule has 1 aromatic carbocycles. The zero-order chi connectivity index (χ0) is 6.27. The first-order chi connectivity index (χ1) is 4.38. The summed E-state index contributed by atoms with van der Waals surface area (Å²) < 4.78 is 12.5. The molecule has 46 valence electrons. The Morgan fingerprint density at radius 3 is 2.67 bits per heavy atom. The van der Waals surface area contributed by atoms with Crippen molar-refractivity contribution in [2.45, 2.75) is 12.6 Å². The average Bonchev–Trinajstić information content (AvgIpc) is 1.86. The summed E-state index contributed by atoms with van der Waals surface area (Å²) in [5.74, 6) is 0. The highest BCUT2D eigenvalue weighted by Gasteiger charge is 2.23. The summed E-state index contributed by atoms with van der Waals surface area (Å²) in [4.78, 5) is 0. The molecule has 1 heteroatoms. The average molecular weight is 122 g/mol. The highest BCUT2D eigenvalue weighted by molar-refractivity contribution is 5.37. The fourth-order valence-corrected chi connectivity index (χ4v) is 1.20. The van der Waals surface area contributed by atoms with Crippen LogP contribution in [0.15, 0.2) is 24.3 Å². The first-order valence-electron chi connectivity index (χ1n) is 3.10. The van der Waals surface area contributed by atoms with E-state index in [1.54, 1.807) is 0 Å². The Morgan fingerprint density at radius 2 is 2.11 bits per heavy atom. The van der Waals surface area contributed by atoms with Crippen LogP contribution < -0.4 is 0 Å². The summed E-state index contributed by atoms with van der Waals surface area (Å²) in [5, 5.41) is 0. The molecule has 1 aliphatic rings. The van der Waals surface area contributed by atoms with E-state index in [9.17, 15) is 4.39 Å². The Hall–Kier alpha value is -0.850. The minimum atomic E-state index is -0.679. The van der Waals surface area contributed by atoms with E-state index in [4.69, 9.17) is 0 Å². The van der Waals surface area contributed by atoms with Gasteiger partial charge in [0.15, 0.2) is 0 Å². The molecule has 0 fully saturated rings. The van der Waals surface area contributed by atoms with E-state index in [1.807, 2.05) is 24.3 Å². The zero-order valence-electron chi connectivity index (χ0n) is 4.97. The molecule has 0 spiro atoms. The monoisotopic (exact) mass is 122 g/mol. The summed E-state index contributed by atoms with van der Waals surface area (Å²) in [7, 11) is 0. The molecule has 0 saturated carbocycles. The highest BCUT2D eigenvalue weighted by atomic mass is 19.1.